The summed E-state index contributed by atoms with van der Waals surface area (Å²) in [6.07, 6.45) is -0.851. The number of rotatable bonds is 4. The average molecular weight is 502 g/mol. The third-order valence-electron chi connectivity index (χ3n) is 7.49. The van der Waals surface area contributed by atoms with Crippen molar-refractivity contribution in [1.29, 1.82) is 5.26 Å². The molecule has 2 fully saturated rings. The van der Waals surface area contributed by atoms with Gasteiger partial charge in [0.1, 0.15) is 18.5 Å². The van der Waals surface area contributed by atoms with Crippen LogP contribution in [0.5, 0.6) is 0 Å². The van der Waals surface area contributed by atoms with Gasteiger partial charge in [-0.05, 0) is 48.2 Å². The second-order valence-corrected chi connectivity index (χ2v) is 9.38. The number of nitriles is 1. The molecule has 0 unspecified atom stereocenters. The summed E-state index contributed by atoms with van der Waals surface area (Å²) >= 11 is 0. The highest BCUT2D eigenvalue weighted by atomic mass is 35.5. The van der Waals surface area contributed by atoms with Gasteiger partial charge in [0.25, 0.3) is 0 Å². The molecule has 0 amide bonds. The van der Waals surface area contributed by atoms with Gasteiger partial charge in [0.15, 0.2) is 0 Å². The normalized spacial score (nSPS) is 23.0. The zero-order valence-corrected chi connectivity index (χ0v) is 20.6. The van der Waals surface area contributed by atoms with Crippen LogP contribution in [0.3, 0.4) is 0 Å². The zero-order valence-electron chi connectivity index (χ0n) is 19.8. The molecule has 0 saturated carbocycles. The van der Waals surface area contributed by atoms with E-state index in [1.807, 2.05) is 19.1 Å². The van der Waals surface area contributed by atoms with Crippen molar-refractivity contribution in [3.8, 4) is 6.07 Å². The molecule has 0 bridgehead atoms. The molecule has 0 aromatic heterocycles. The van der Waals surface area contributed by atoms with Gasteiger partial charge in [-0.3, -0.25) is 9.80 Å². The fraction of sp³-hybridized carbons (Fsp3) is 0.462. The summed E-state index contributed by atoms with van der Waals surface area (Å²) in [5.41, 5.74) is 4.81. The second kappa shape index (κ2) is 10.2. The summed E-state index contributed by atoms with van der Waals surface area (Å²) in [6, 6.07) is 8.81. The molecule has 0 aliphatic carbocycles. The first-order valence-corrected chi connectivity index (χ1v) is 11.6. The fourth-order valence-electron chi connectivity index (χ4n) is 5.45. The number of esters is 1. The molecule has 0 radical (unpaired) electrons. The lowest BCUT2D eigenvalue weighted by atomic mass is 9.94. The molecule has 3 heterocycles. The Morgan fingerprint density at radius 3 is 2.77 bits per heavy atom. The van der Waals surface area contributed by atoms with Crippen LogP contribution in [0.15, 0.2) is 24.3 Å². The Morgan fingerprint density at radius 1 is 1.20 bits per heavy atom. The molecular formula is C26H29ClFN3O4. The number of β-amino-alcohol motifs (C(OH)–C–C–N with tert-alkyl or cyclic N) is 1. The molecule has 5 rings (SSSR count). The van der Waals surface area contributed by atoms with Crippen LogP contribution in [0, 0.1) is 31.0 Å². The number of piperazine rings is 1. The Kier molecular flexibility index (Phi) is 7.46. The van der Waals surface area contributed by atoms with E-state index in [2.05, 4.69) is 9.80 Å². The van der Waals surface area contributed by atoms with Crippen LogP contribution in [0.1, 0.15) is 55.9 Å². The zero-order chi connectivity index (χ0) is 24.0. The third-order valence-corrected chi connectivity index (χ3v) is 7.49. The Morgan fingerprint density at radius 2 is 2.00 bits per heavy atom. The largest absolute Gasteiger partial charge is 0.457 e. The predicted octanol–water partition coefficient (Wildman–Crippen LogP) is 3.20. The van der Waals surface area contributed by atoms with E-state index in [1.165, 1.54) is 6.07 Å². The Bertz CT molecular complexity index is 1180. The number of morpholine rings is 1. The number of aliphatic hydroxyl groups is 1. The number of benzene rings is 2. The van der Waals surface area contributed by atoms with Gasteiger partial charge in [0.05, 0.1) is 29.9 Å². The van der Waals surface area contributed by atoms with Crippen molar-refractivity contribution in [2.75, 3.05) is 39.3 Å². The van der Waals surface area contributed by atoms with Crippen LogP contribution in [-0.4, -0.2) is 66.2 Å². The number of hydrogen-bond acceptors (Lipinski definition) is 7. The highest BCUT2D eigenvalue weighted by Crippen LogP contribution is 2.32. The number of fused-ring (bicyclic) bond motifs is 2. The van der Waals surface area contributed by atoms with Gasteiger partial charge in [0, 0.05) is 44.3 Å². The number of aliphatic hydroxyl groups excluding tert-OH is 1. The van der Waals surface area contributed by atoms with Gasteiger partial charge in [-0.2, -0.15) is 5.26 Å². The molecule has 9 heteroatoms. The summed E-state index contributed by atoms with van der Waals surface area (Å²) in [7, 11) is 0. The van der Waals surface area contributed by atoms with Crippen LogP contribution in [0.25, 0.3) is 0 Å². The quantitative estimate of drug-likeness (QED) is 0.644. The van der Waals surface area contributed by atoms with Crippen LogP contribution >= 0.6 is 12.4 Å². The van der Waals surface area contributed by atoms with Crippen molar-refractivity contribution in [1.82, 2.24) is 9.80 Å². The highest BCUT2D eigenvalue weighted by molar-refractivity contribution is 5.93. The van der Waals surface area contributed by atoms with E-state index >= 15 is 0 Å². The first-order chi connectivity index (χ1) is 16.4. The van der Waals surface area contributed by atoms with Crippen LogP contribution in [-0.2, 0) is 16.1 Å². The van der Waals surface area contributed by atoms with E-state index in [0.717, 1.165) is 41.9 Å². The van der Waals surface area contributed by atoms with E-state index in [4.69, 9.17) is 9.47 Å². The number of hydrogen-bond donors (Lipinski definition) is 1. The van der Waals surface area contributed by atoms with Crippen molar-refractivity contribution in [2.24, 2.45) is 0 Å². The van der Waals surface area contributed by atoms with Crippen molar-refractivity contribution in [3.05, 3.63) is 69.0 Å². The first kappa shape index (κ1) is 25.5. The summed E-state index contributed by atoms with van der Waals surface area (Å²) in [6.45, 7) is 8.14. The number of ether oxygens (including phenoxy) is 2. The van der Waals surface area contributed by atoms with Crippen LogP contribution in [0.4, 0.5) is 4.39 Å². The minimum absolute atomic E-state index is 0. The molecule has 35 heavy (non-hydrogen) atoms. The standard InChI is InChI=1S/C26H28FN3O4.ClH/c1-15-18(3-4-20-22(15)14-34-26(20)32)24(31)11-29-7-8-30-12-25(33-13-17(30)10-29)19-5-6-23(27)21(9-28)16(19)2;/h3-6,17,24-25,31H,7-8,10-14H2,1-2H3;1H/t17-,24+,25-;/m1./s1. The smallest absolute Gasteiger partial charge is 0.338 e. The molecule has 3 aliphatic heterocycles. The lowest BCUT2D eigenvalue weighted by Crippen LogP contribution is -2.58. The van der Waals surface area contributed by atoms with Crippen molar-refractivity contribution < 1.29 is 23.8 Å². The van der Waals surface area contributed by atoms with E-state index in [9.17, 15) is 19.6 Å². The van der Waals surface area contributed by atoms with E-state index in [-0.39, 0.29) is 42.7 Å². The Labute approximate surface area is 210 Å². The number of halogens is 2. The van der Waals surface area contributed by atoms with Gasteiger partial charge < -0.3 is 14.6 Å². The van der Waals surface area contributed by atoms with Crippen molar-refractivity contribution in [3.63, 3.8) is 0 Å². The minimum atomic E-state index is -0.656. The molecule has 3 atom stereocenters. The Hall–Kier alpha value is -2.54. The van der Waals surface area contributed by atoms with Gasteiger partial charge in [-0.25, -0.2) is 9.18 Å². The predicted molar refractivity (Wildman–Crippen MR) is 129 cm³/mol. The van der Waals surface area contributed by atoms with Crippen molar-refractivity contribution >= 4 is 18.4 Å². The monoisotopic (exact) mass is 501 g/mol. The maximum atomic E-state index is 13.9. The van der Waals surface area contributed by atoms with Gasteiger partial charge >= 0.3 is 5.97 Å². The fourth-order valence-corrected chi connectivity index (χ4v) is 5.45. The second-order valence-electron chi connectivity index (χ2n) is 9.38. The summed E-state index contributed by atoms with van der Waals surface area (Å²) in [5.74, 6) is -0.798. The number of nitrogens with zero attached hydrogens (tertiary/aromatic N) is 3. The maximum Gasteiger partial charge on any atom is 0.338 e. The first-order valence-electron chi connectivity index (χ1n) is 11.6. The van der Waals surface area contributed by atoms with Gasteiger partial charge in [-0.1, -0.05) is 12.1 Å². The van der Waals surface area contributed by atoms with E-state index < -0.39 is 11.9 Å². The van der Waals surface area contributed by atoms with Crippen molar-refractivity contribution in [2.45, 2.75) is 38.7 Å². The van der Waals surface area contributed by atoms with Crippen LogP contribution in [0.2, 0.25) is 0 Å². The molecule has 0 spiro atoms. The number of carbonyl (C=O) groups is 1. The molecule has 2 saturated heterocycles. The molecule has 186 valence electrons. The van der Waals surface area contributed by atoms with Crippen LogP contribution < -0.4 is 0 Å². The van der Waals surface area contributed by atoms with Gasteiger partial charge in [0.2, 0.25) is 0 Å². The SMILES string of the molecule is Cc1c([C@H]2CN3CCN(C[C@H](O)c4ccc5c(c4C)COC5=O)C[C@@H]3CO2)ccc(F)c1C#N.Cl. The third kappa shape index (κ3) is 4.67. The topological polar surface area (TPSA) is 86.0 Å². The maximum absolute atomic E-state index is 13.9. The Balaban J connectivity index is 0.00000289. The lowest BCUT2D eigenvalue weighted by molar-refractivity contribution is -0.0939. The molecule has 1 N–H and O–H groups in total. The number of carbonyl (C=O) groups excluding carboxylic acids is 1. The molecular weight excluding hydrogens is 473 g/mol. The van der Waals surface area contributed by atoms with E-state index in [1.54, 1.807) is 19.1 Å². The minimum Gasteiger partial charge on any atom is -0.457 e. The summed E-state index contributed by atoms with van der Waals surface area (Å²) < 4.78 is 25.2. The molecule has 2 aromatic rings. The van der Waals surface area contributed by atoms with E-state index in [0.29, 0.717) is 30.8 Å². The summed E-state index contributed by atoms with van der Waals surface area (Å²) in [5, 5.41) is 20.2. The lowest BCUT2D eigenvalue weighted by Gasteiger charge is -2.46. The number of cyclic esters (lactones) is 1. The summed E-state index contributed by atoms with van der Waals surface area (Å²) in [4.78, 5) is 16.4. The molecule has 2 aromatic carbocycles. The molecule has 3 aliphatic rings. The highest BCUT2D eigenvalue weighted by Gasteiger charge is 2.36. The molecule has 7 nitrogen and oxygen atoms in total. The van der Waals surface area contributed by atoms with Gasteiger partial charge in [-0.15, -0.1) is 12.4 Å². The average Bonchev–Trinajstić information content (AvgIpc) is 3.21.